The molecule has 1 heterocycles. The Morgan fingerprint density at radius 3 is 2.41 bits per heavy atom. The zero-order valence-corrected chi connectivity index (χ0v) is 26.0. The third kappa shape index (κ3) is 5.87. The van der Waals surface area contributed by atoms with E-state index in [0.29, 0.717) is 76.4 Å². The predicted octanol–water partition coefficient (Wildman–Crippen LogP) is 6.03. The molecule has 9 nitrogen and oxygen atoms in total. The molecule has 0 saturated heterocycles. The number of hydrogen-bond acceptors (Lipinski definition) is 9. The number of carbonyl (C=O) groups is 1. The summed E-state index contributed by atoms with van der Waals surface area (Å²) in [6.45, 7) is 3.60. The van der Waals surface area contributed by atoms with E-state index in [4.69, 9.17) is 33.2 Å². The van der Waals surface area contributed by atoms with E-state index in [2.05, 4.69) is 0 Å². The van der Waals surface area contributed by atoms with Crippen LogP contribution in [-0.2, 0) is 26.5 Å². The first kappa shape index (κ1) is 31.0. The molecule has 2 aliphatic rings. The van der Waals surface area contributed by atoms with Gasteiger partial charge in [-0.3, -0.25) is 0 Å². The first-order valence-electron chi connectivity index (χ1n) is 15.1. The van der Waals surface area contributed by atoms with Gasteiger partial charge in [0, 0.05) is 22.8 Å². The van der Waals surface area contributed by atoms with E-state index in [-0.39, 0.29) is 19.0 Å². The molecule has 1 N–H and O–H groups in total. The van der Waals surface area contributed by atoms with E-state index in [1.807, 2.05) is 49.4 Å². The van der Waals surface area contributed by atoms with Gasteiger partial charge in [0.2, 0.25) is 6.79 Å². The van der Waals surface area contributed by atoms with Crippen LogP contribution >= 0.6 is 0 Å². The van der Waals surface area contributed by atoms with Gasteiger partial charge in [0.1, 0.15) is 29.5 Å². The van der Waals surface area contributed by atoms with Gasteiger partial charge in [-0.1, -0.05) is 49.4 Å². The molecule has 238 valence electrons. The number of fused-ring (bicyclic) bond motifs is 2. The Balaban J connectivity index is 1.46. The van der Waals surface area contributed by atoms with E-state index < -0.39 is 11.6 Å². The first-order chi connectivity index (χ1) is 22.5. The third-order valence-corrected chi connectivity index (χ3v) is 7.97. The lowest BCUT2D eigenvalue weighted by Crippen LogP contribution is -2.32. The molecular formula is C37H36O9. The summed E-state index contributed by atoms with van der Waals surface area (Å²) >= 11 is 0. The number of ether oxygens (including phenoxy) is 7. The molecule has 9 heteroatoms. The van der Waals surface area contributed by atoms with Crippen molar-refractivity contribution in [2.45, 2.75) is 25.6 Å². The monoisotopic (exact) mass is 624 g/mol. The normalized spacial score (nSPS) is 16.3. The first-order valence-corrected chi connectivity index (χ1v) is 15.1. The number of aliphatic hydroxyl groups is 1. The molecule has 0 spiro atoms. The van der Waals surface area contributed by atoms with E-state index in [0.717, 1.165) is 12.0 Å². The minimum absolute atomic E-state index is 0.0341. The van der Waals surface area contributed by atoms with Gasteiger partial charge in [0.25, 0.3) is 0 Å². The summed E-state index contributed by atoms with van der Waals surface area (Å²) in [5.74, 6) is 1.93. The Kier molecular flexibility index (Phi) is 9.14. The molecule has 0 bridgehead atoms. The van der Waals surface area contributed by atoms with Crippen LogP contribution in [0.25, 0.3) is 5.57 Å². The highest BCUT2D eigenvalue weighted by Crippen LogP contribution is 2.54. The molecule has 1 aliphatic carbocycles. The third-order valence-electron chi connectivity index (χ3n) is 7.97. The van der Waals surface area contributed by atoms with Crippen LogP contribution in [0.2, 0.25) is 0 Å². The maximum absolute atomic E-state index is 13.8. The van der Waals surface area contributed by atoms with Gasteiger partial charge in [-0.25, -0.2) is 4.79 Å². The Hall–Kier alpha value is -4.99. The lowest BCUT2D eigenvalue weighted by molar-refractivity contribution is -0.138. The number of methoxy groups -OCH3 is 2. The van der Waals surface area contributed by atoms with Crippen molar-refractivity contribution in [1.82, 2.24) is 0 Å². The molecule has 4 aromatic rings. The SMILES string of the molecule is CCCOc1ccc2c(c1)C(c1ccc(OC)cc1OCCOCc1ccccc1)=C(C(=O)OC)C2(O)c1ccc2c(c1)OCO2. The molecule has 0 saturated carbocycles. The highest BCUT2D eigenvalue weighted by molar-refractivity contribution is 6.09. The molecule has 0 amide bonds. The number of carbonyl (C=O) groups excluding carboxylic acids is 1. The lowest BCUT2D eigenvalue weighted by atomic mass is 9.82. The predicted molar refractivity (Wildman–Crippen MR) is 170 cm³/mol. The Morgan fingerprint density at radius 2 is 1.63 bits per heavy atom. The zero-order valence-electron chi connectivity index (χ0n) is 26.0. The summed E-state index contributed by atoms with van der Waals surface area (Å²) in [5.41, 5.74) is 1.71. The molecule has 1 atom stereocenters. The van der Waals surface area contributed by atoms with Crippen LogP contribution in [0, 0.1) is 0 Å². The quantitative estimate of drug-likeness (QED) is 0.141. The highest BCUT2D eigenvalue weighted by Gasteiger charge is 2.50. The maximum atomic E-state index is 13.8. The number of rotatable bonds is 13. The van der Waals surface area contributed by atoms with Gasteiger partial charge >= 0.3 is 5.97 Å². The van der Waals surface area contributed by atoms with Crippen molar-refractivity contribution >= 4 is 11.5 Å². The summed E-state index contributed by atoms with van der Waals surface area (Å²) < 4.78 is 40.1. The minimum atomic E-state index is -1.90. The van der Waals surface area contributed by atoms with Gasteiger partial charge in [-0.05, 0) is 59.5 Å². The highest BCUT2D eigenvalue weighted by atomic mass is 16.7. The summed E-state index contributed by atoms with van der Waals surface area (Å²) in [5, 5.41) is 12.8. The van der Waals surface area contributed by atoms with E-state index >= 15 is 0 Å². The van der Waals surface area contributed by atoms with Crippen LogP contribution in [0.1, 0.15) is 41.2 Å². The van der Waals surface area contributed by atoms with E-state index in [1.165, 1.54) is 7.11 Å². The van der Waals surface area contributed by atoms with Crippen molar-refractivity contribution in [1.29, 1.82) is 0 Å². The second-order valence-corrected chi connectivity index (χ2v) is 10.8. The topological polar surface area (TPSA) is 102 Å². The largest absolute Gasteiger partial charge is 0.497 e. The summed E-state index contributed by atoms with van der Waals surface area (Å²) in [7, 11) is 2.86. The molecule has 0 fully saturated rings. The molecule has 4 aromatic carbocycles. The van der Waals surface area contributed by atoms with Crippen molar-refractivity contribution in [2.75, 3.05) is 40.8 Å². The number of hydrogen-bond donors (Lipinski definition) is 1. The lowest BCUT2D eigenvalue weighted by Gasteiger charge is -2.28. The second kappa shape index (κ2) is 13.6. The van der Waals surface area contributed by atoms with Crippen molar-refractivity contribution < 1.29 is 43.1 Å². The molecule has 46 heavy (non-hydrogen) atoms. The van der Waals surface area contributed by atoms with Crippen LogP contribution in [0.5, 0.6) is 28.7 Å². The fourth-order valence-electron chi connectivity index (χ4n) is 5.79. The number of esters is 1. The molecule has 1 unspecified atom stereocenters. The fraction of sp³-hybridized carbons (Fsp3) is 0.270. The van der Waals surface area contributed by atoms with Gasteiger partial charge in [-0.15, -0.1) is 0 Å². The van der Waals surface area contributed by atoms with Crippen molar-refractivity contribution in [3.8, 4) is 28.7 Å². The molecule has 1 aliphatic heterocycles. The maximum Gasteiger partial charge on any atom is 0.338 e. The van der Waals surface area contributed by atoms with Crippen LogP contribution in [-0.4, -0.2) is 51.9 Å². The smallest absolute Gasteiger partial charge is 0.338 e. The van der Waals surface area contributed by atoms with Crippen LogP contribution in [0.4, 0.5) is 0 Å². The number of benzene rings is 4. The van der Waals surface area contributed by atoms with Gasteiger partial charge in [-0.2, -0.15) is 0 Å². The average Bonchev–Trinajstić information content (AvgIpc) is 3.67. The van der Waals surface area contributed by atoms with E-state index in [9.17, 15) is 9.90 Å². The van der Waals surface area contributed by atoms with Crippen LogP contribution in [0.15, 0.2) is 90.5 Å². The molecular weight excluding hydrogens is 588 g/mol. The second-order valence-electron chi connectivity index (χ2n) is 10.8. The van der Waals surface area contributed by atoms with Gasteiger partial charge in [0.15, 0.2) is 11.5 Å². The Labute approximate surface area is 267 Å². The van der Waals surface area contributed by atoms with Crippen LogP contribution < -0.4 is 23.7 Å². The summed E-state index contributed by atoms with van der Waals surface area (Å²) in [4.78, 5) is 13.8. The standard InChI is InChI=1S/C37H36O9/c1-4-16-43-27-12-14-30-29(20-27)34(35(36(38)41-3)37(30,39)25-10-15-31-33(19-25)46-23-45-31)28-13-11-26(40-2)21-32(28)44-18-17-42-22-24-8-6-5-7-9-24/h5-15,19-21,39H,4,16-18,22-23H2,1-3H3. The zero-order chi connectivity index (χ0) is 32.1. The minimum Gasteiger partial charge on any atom is -0.497 e. The summed E-state index contributed by atoms with van der Waals surface area (Å²) in [6, 6.07) is 25.8. The van der Waals surface area contributed by atoms with E-state index in [1.54, 1.807) is 49.6 Å². The molecule has 0 radical (unpaired) electrons. The van der Waals surface area contributed by atoms with Gasteiger partial charge < -0.3 is 38.3 Å². The van der Waals surface area contributed by atoms with Crippen molar-refractivity contribution in [3.63, 3.8) is 0 Å². The van der Waals surface area contributed by atoms with Crippen molar-refractivity contribution in [2.24, 2.45) is 0 Å². The Morgan fingerprint density at radius 1 is 0.826 bits per heavy atom. The van der Waals surface area contributed by atoms with Crippen LogP contribution in [0.3, 0.4) is 0 Å². The average molecular weight is 625 g/mol. The summed E-state index contributed by atoms with van der Waals surface area (Å²) in [6.07, 6.45) is 0.817. The van der Waals surface area contributed by atoms with Crippen molar-refractivity contribution in [3.05, 3.63) is 118 Å². The fourth-order valence-corrected chi connectivity index (χ4v) is 5.79. The Bertz CT molecular complexity index is 1750. The van der Waals surface area contributed by atoms with Gasteiger partial charge in [0.05, 0.1) is 39.6 Å². The molecule has 0 aromatic heterocycles. The molecule has 6 rings (SSSR count).